The highest BCUT2D eigenvalue weighted by Gasteiger charge is 2.36. The molecule has 2 atom stereocenters. The number of hydrogen-bond acceptors (Lipinski definition) is 6. The lowest BCUT2D eigenvalue weighted by Gasteiger charge is -2.19. The van der Waals surface area contributed by atoms with E-state index in [0.717, 1.165) is 4.90 Å². The van der Waals surface area contributed by atoms with E-state index in [1.165, 1.54) is 25.3 Å². The highest BCUT2D eigenvalue weighted by atomic mass is 35.5. The van der Waals surface area contributed by atoms with Gasteiger partial charge >= 0.3 is 5.97 Å². The smallest absolute Gasteiger partial charge is 0.326 e. The van der Waals surface area contributed by atoms with Gasteiger partial charge in [0.05, 0.1) is 30.1 Å². The van der Waals surface area contributed by atoms with Crippen molar-refractivity contribution in [1.82, 2.24) is 14.9 Å². The van der Waals surface area contributed by atoms with E-state index in [0.29, 0.717) is 0 Å². The molecule has 3 rings (SSSR count). The van der Waals surface area contributed by atoms with Crippen LogP contribution in [0.15, 0.2) is 18.3 Å². The largest absolute Gasteiger partial charge is 0.480 e. The van der Waals surface area contributed by atoms with Crippen LogP contribution in [0.1, 0.15) is 29.8 Å². The van der Waals surface area contributed by atoms with Crippen molar-refractivity contribution in [3.05, 3.63) is 40.3 Å². The van der Waals surface area contributed by atoms with E-state index < -0.39 is 23.7 Å². The Bertz CT molecular complexity index is 955. The normalized spacial score (nSPS) is 15.3. The fourth-order valence-electron chi connectivity index (χ4n) is 2.87. The summed E-state index contributed by atoms with van der Waals surface area (Å²) in [6.07, 6.45) is 1.34. The first-order chi connectivity index (χ1) is 13.2. The summed E-state index contributed by atoms with van der Waals surface area (Å²) in [5.41, 5.74) is 0.695. The van der Waals surface area contributed by atoms with Gasteiger partial charge < -0.3 is 20.4 Å². The molecular weight excluding hydrogens is 391 g/mol. The lowest BCUT2D eigenvalue weighted by Crippen LogP contribution is -2.38. The number of halogens is 2. The number of nitrogens with zero attached hydrogens (tertiary/aromatic N) is 3. The third-order valence-electron chi connectivity index (χ3n) is 4.51. The molecule has 0 bridgehead atoms. The molecule has 1 aliphatic heterocycles. The first-order valence-corrected chi connectivity index (χ1v) is 8.87. The standard InChI is InChI=1S/C18H18ClFN4O4/c1-8(7-25)22-18-21-5-13(19)15(23-18)10-3-11-12(14(20)4-10)6-24(16(11)26)9(2)17(27)28/h3-5,8-9,25H,6-7H2,1-2H3,(H,27,28)(H,21,22,23). The van der Waals surface area contributed by atoms with Gasteiger partial charge in [-0.1, -0.05) is 11.6 Å². The van der Waals surface area contributed by atoms with Crippen LogP contribution >= 0.6 is 11.6 Å². The summed E-state index contributed by atoms with van der Waals surface area (Å²) in [5, 5.41) is 21.3. The van der Waals surface area contributed by atoms with Gasteiger partial charge in [-0.15, -0.1) is 0 Å². The van der Waals surface area contributed by atoms with Crippen LogP contribution in [-0.4, -0.2) is 55.6 Å². The third kappa shape index (κ3) is 3.63. The summed E-state index contributed by atoms with van der Waals surface area (Å²) in [6, 6.07) is 1.26. The van der Waals surface area contributed by atoms with Crippen molar-refractivity contribution < 1.29 is 24.2 Å². The zero-order chi connectivity index (χ0) is 20.6. The van der Waals surface area contributed by atoms with Crippen LogP contribution in [0, 0.1) is 5.82 Å². The molecule has 1 aliphatic rings. The van der Waals surface area contributed by atoms with Crippen molar-refractivity contribution in [2.24, 2.45) is 0 Å². The molecule has 1 amide bonds. The number of carbonyl (C=O) groups is 2. The number of benzene rings is 1. The maximum Gasteiger partial charge on any atom is 0.326 e. The molecule has 1 aromatic carbocycles. The second-order valence-electron chi connectivity index (χ2n) is 6.55. The molecule has 148 valence electrons. The monoisotopic (exact) mass is 408 g/mol. The molecule has 1 aromatic heterocycles. The molecular formula is C18H18ClFN4O4. The number of aliphatic hydroxyl groups is 1. The van der Waals surface area contributed by atoms with Crippen LogP contribution in [0.4, 0.5) is 10.3 Å². The van der Waals surface area contributed by atoms with Crippen molar-refractivity contribution in [3.8, 4) is 11.3 Å². The minimum absolute atomic E-state index is 0.0796. The number of fused-ring (bicyclic) bond motifs is 1. The summed E-state index contributed by atoms with van der Waals surface area (Å²) in [4.78, 5) is 33.2. The number of nitrogens with one attached hydrogen (secondary N) is 1. The fraction of sp³-hybridized carbons (Fsp3) is 0.333. The van der Waals surface area contributed by atoms with Gasteiger partial charge in [-0.3, -0.25) is 4.79 Å². The van der Waals surface area contributed by atoms with Crippen LogP contribution in [0.25, 0.3) is 11.3 Å². The predicted octanol–water partition coefficient (Wildman–Crippen LogP) is 2.16. The van der Waals surface area contributed by atoms with Crippen molar-refractivity contribution in [1.29, 1.82) is 0 Å². The lowest BCUT2D eigenvalue weighted by molar-refractivity contribution is -0.141. The Morgan fingerprint density at radius 1 is 1.43 bits per heavy atom. The molecule has 0 radical (unpaired) electrons. The van der Waals surface area contributed by atoms with Crippen molar-refractivity contribution in [2.45, 2.75) is 32.5 Å². The number of carboxylic acid groups (broad SMARTS) is 1. The van der Waals surface area contributed by atoms with E-state index in [4.69, 9.17) is 21.8 Å². The zero-order valence-corrected chi connectivity index (χ0v) is 15.9. The number of aliphatic carboxylic acids is 1. The molecule has 0 spiro atoms. The van der Waals surface area contributed by atoms with Crippen molar-refractivity contribution in [3.63, 3.8) is 0 Å². The molecule has 2 heterocycles. The summed E-state index contributed by atoms with van der Waals surface area (Å²) in [7, 11) is 0. The number of aliphatic hydroxyl groups excluding tert-OH is 1. The first kappa shape index (κ1) is 20.0. The highest BCUT2D eigenvalue weighted by molar-refractivity contribution is 6.33. The second-order valence-corrected chi connectivity index (χ2v) is 6.96. The molecule has 0 saturated carbocycles. The van der Waals surface area contributed by atoms with Crippen LogP contribution in [0.5, 0.6) is 0 Å². The SMILES string of the molecule is CC(CO)Nc1ncc(Cl)c(-c2cc(F)c3c(c2)C(=O)N(C(C)C(=O)O)C3)n1. The van der Waals surface area contributed by atoms with Gasteiger partial charge in [0.2, 0.25) is 5.95 Å². The number of carboxylic acids is 1. The van der Waals surface area contributed by atoms with Crippen LogP contribution < -0.4 is 5.32 Å². The average Bonchev–Trinajstić information content (AvgIpc) is 2.99. The fourth-order valence-corrected chi connectivity index (χ4v) is 3.07. The second kappa shape index (κ2) is 7.69. The van der Waals surface area contributed by atoms with Gasteiger partial charge in [0.15, 0.2) is 0 Å². The molecule has 10 heteroatoms. The van der Waals surface area contributed by atoms with Crippen molar-refractivity contribution >= 4 is 29.4 Å². The Morgan fingerprint density at radius 2 is 2.14 bits per heavy atom. The van der Waals surface area contributed by atoms with Gasteiger partial charge in [0.25, 0.3) is 5.91 Å². The Hall–Kier alpha value is -2.78. The highest BCUT2D eigenvalue weighted by Crippen LogP contribution is 2.34. The van der Waals surface area contributed by atoms with Gasteiger partial charge in [0.1, 0.15) is 11.9 Å². The quantitative estimate of drug-likeness (QED) is 0.670. The lowest BCUT2D eigenvalue weighted by atomic mass is 10.0. The van der Waals surface area contributed by atoms with Gasteiger partial charge in [-0.05, 0) is 26.0 Å². The van der Waals surface area contributed by atoms with Crippen LogP contribution in [0.2, 0.25) is 5.02 Å². The Balaban J connectivity index is 2.01. The van der Waals surface area contributed by atoms with Crippen LogP contribution in [-0.2, 0) is 11.3 Å². The van der Waals surface area contributed by atoms with Gasteiger partial charge in [-0.25, -0.2) is 19.2 Å². The van der Waals surface area contributed by atoms with Crippen molar-refractivity contribution in [2.75, 3.05) is 11.9 Å². The van der Waals surface area contributed by atoms with Gasteiger partial charge in [-0.2, -0.15) is 0 Å². The minimum Gasteiger partial charge on any atom is -0.480 e. The van der Waals surface area contributed by atoms with E-state index in [1.54, 1.807) is 6.92 Å². The molecule has 28 heavy (non-hydrogen) atoms. The Kier molecular flexibility index (Phi) is 5.48. The molecule has 0 aliphatic carbocycles. The van der Waals surface area contributed by atoms with E-state index in [2.05, 4.69) is 15.3 Å². The number of carbonyl (C=O) groups excluding carboxylic acids is 1. The summed E-state index contributed by atoms with van der Waals surface area (Å²) in [5.74, 6) is -2.19. The third-order valence-corrected chi connectivity index (χ3v) is 4.78. The summed E-state index contributed by atoms with van der Waals surface area (Å²) >= 11 is 6.16. The van der Waals surface area contributed by atoms with Crippen LogP contribution in [0.3, 0.4) is 0 Å². The summed E-state index contributed by atoms with van der Waals surface area (Å²) < 4.78 is 14.7. The molecule has 8 nitrogen and oxygen atoms in total. The van der Waals surface area contributed by atoms with E-state index >= 15 is 0 Å². The zero-order valence-electron chi connectivity index (χ0n) is 15.1. The topological polar surface area (TPSA) is 116 Å². The van der Waals surface area contributed by atoms with E-state index in [1.807, 2.05) is 0 Å². The van der Waals surface area contributed by atoms with Gasteiger partial charge in [0, 0.05) is 22.7 Å². The number of amides is 1. The maximum absolute atomic E-state index is 14.7. The first-order valence-electron chi connectivity index (χ1n) is 8.49. The number of hydrogen-bond donors (Lipinski definition) is 3. The number of rotatable bonds is 6. The van der Waals surface area contributed by atoms with E-state index in [-0.39, 0.29) is 52.5 Å². The molecule has 2 aromatic rings. The molecule has 3 N–H and O–H groups in total. The average molecular weight is 409 g/mol. The summed E-state index contributed by atoms with van der Waals surface area (Å²) in [6.45, 7) is 2.84. The predicted molar refractivity (Wildman–Crippen MR) is 99.6 cm³/mol. The minimum atomic E-state index is -1.17. The number of anilines is 1. The Labute approximate surface area is 165 Å². The molecule has 0 fully saturated rings. The molecule has 0 saturated heterocycles. The van der Waals surface area contributed by atoms with E-state index in [9.17, 15) is 14.0 Å². The maximum atomic E-state index is 14.7. The molecule has 2 unspecified atom stereocenters. The Morgan fingerprint density at radius 3 is 2.79 bits per heavy atom. The number of aromatic nitrogens is 2.